The van der Waals surface area contributed by atoms with Crippen LogP contribution in [0.2, 0.25) is 0 Å². The number of aliphatic carboxylic acids is 1. The average molecular weight is 288 g/mol. The molecule has 0 aromatic heterocycles. The van der Waals surface area contributed by atoms with Crippen LogP contribution in [0.4, 0.5) is 0 Å². The molecular formula is C17H20O4. The number of carboxylic acids is 1. The van der Waals surface area contributed by atoms with Gasteiger partial charge in [0.25, 0.3) is 0 Å². The summed E-state index contributed by atoms with van der Waals surface area (Å²) < 4.78 is 11.3. The Bertz CT molecular complexity index is 582. The van der Waals surface area contributed by atoms with Crippen molar-refractivity contribution in [2.24, 2.45) is 5.41 Å². The Balaban J connectivity index is 1.51. The summed E-state index contributed by atoms with van der Waals surface area (Å²) in [6, 6.07) is 6.25. The molecule has 1 aromatic carbocycles. The summed E-state index contributed by atoms with van der Waals surface area (Å²) in [7, 11) is 0. The number of carbonyl (C=O) groups is 1. The van der Waals surface area contributed by atoms with E-state index in [1.807, 2.05) is 6.07 Å². The SMILES string of the molecule is O=C(O)C1(CCc2ccc3c(c2)CCO3)CC2CCC1O2. The maximum absolute atomic E-state index is 11.8. The largest absolute Gasteiger partial charge is 0.493 e. The van der Waals surface area contributed by atoms with Gasteiger partial charge in [-0.25, -0.2) is 0 Å². The van der Waals surface area contributed by atoms with Crippen molar-refractivity contribution < 1.29 is 19.4 Å². The van der Waals surface area contributed by atoms with E-state index in [0.717, 1.165) is 38.0 Å². The van der Waals surface area contributed by atoms with Crippen molar-refractivity contribution in [1.82, 2.24) is 0 Å². The highest BCUT2D eigenvalue weighted by atomic mass is 16.5. The maximum atomic E-state index is 11.8. The Morgan fingerprint density at radius 2 is 2.29 bits per heavy atom. The lowest BCUT2D eigenvalue weighted by Crippen LogP contribution is -2.40. The minimum absolute atomic E-state index is 0.0854. The molecule has 3 atom stereocenters. The van der Waals surface area contributed by atoms with Gasteiger partial charge in [0, 0.05) is 6.42 Å². The van der Waals surface area contributed by atoms with Gasteiger partial charge < -0.3 is 14.6 Å². The lowest BCUT2D eigenvalue weighted by atomic mass is 9.70. The van der Waals surface area contributed by atoms with Gasteiger partial charge in [-0.15, -0.1) is 0 Å². The maximum Gasteiger partial charge on any atom is 0.312 e. The van der Waals surface area contributed by atoms with E-state index in [0.29, 0.717) is 12.8 Å². The normalized spacial score (nSPS) is 33.0. The van der Waals surface area contributed by atoms with Gasteiger partial charge in [0.2, 0.25) is 0 Å². The molecule has 4 rings (SSSR count). The topological polar surface area (TPSA) is 55.8 Å². The van der Waals surface area contributed by atoms with Crippen molar-refractivity contribution in [2.75, 3.05) is 6.61 Å². The van der Waals surface area contributed by atoms with E-state index >= 15 is 0 Å². The number of aryl methyl sites for hydroxylation is 1. The number of fused-ring (bicyclic) bond motifs is 3. The third kappa shape index (κ3) is 2.04. The van der Waals surface area contributed by atoms with Crippen molar-refractivity contribution in [3.8, 4) is 5.75 Å². The van der Waals surface area contributed by atoms with Crippen LogP contribution >= 0.6 is 0 Å². The lowest BCUT2D eigenvalue weighted by Gasteiger charge is -2.31. The number of hydrogen-bond donors (Lipinski definition) is 1. The standard InChI is InChI=1S/C17H20O4/c18-16(19)17(10-13-2-4-15(17)21-13)7-5-11-1-3-14-12(9-11)6-8-20-14/h1,3,9,13,15H,2,4-8,10H2,(H,18,19). The van der Waals surface area contributed by atoms with E-state index in [-0.39, 0.29) is 12.2 Å². The molecule has 4 nitrogen and oxygen atoms in total. The fourth-order valence-electron chi connectivity index (χ4n) is 4.16. The van der Waals surface area contributed by atoms with Gasteiger partial charge >= 0.3 is 5.97 Å². The molecule has 0 saturated carbocycles. The second-order valence-electron chi connectivity index (χ2n) is 6.53. The van der Waals surface area contributed by atoms with E-state index in [4.69, 9.17) is 9.47 Å². The Morgan fingerprint density at radius 1 is 1.38 bits per heavy atom. The van der Waals surface area contributed by atoms with E-state index in [1.165, 1.54) is 11.1 Å². The minimum Gasteiger partial charge on any atom is -0.493 e. The summed E-state index contributed by atoms with van der Waals surface area (Å²) in [5.41, 5.74) is 1.79. The molecule has 3 unspecified atom stereocenters. The van der Waals surface area contributed by atoms with Crippen LogP contribution in [0.15, 0.2) is 18.2 Å². The van der Waals surface area contributed by atoms with E-state index < -0.39 is 11.4 Å². The van der Waals surface area contributed by atoms with Crippen LogP contribution in [0.25, 0.3) is 0 Å². The number of hydrogen-bond acceptors (Lipinski definition) is 3. The van der Waals surface area contributed by atoms with E-state index in [9.17, 15) is 9.90 Å². The number of ether oxygens (including phenoxy) is 2. The molecule has 4 heteroatoms. The van der Waals surface area contributed by atoms with Crippen molar-refractivity contribution >= 4 is 5.97 Å². The van der Waals surface area contributed by atoms with Crippen molar-refractivity contribution in [1.29, 1.82) is 0 Å². The molecule has 21 heavy (non-hydrogen) atoms. The van der Waals surface area contributed by atoms with Gasteiger partial charge in [0.15, 0.2) is 0 Å². The molecule has 0 amide bonds. The van der Waals surface area contributed by atoms with E-state index in [1.54, 1.807) is 0 Å². The zero-order valence-electron chi connectivity index (χ0n) is 12.0. The highest BCUT2D eigenvalue weighted by Crippen LogP contribution is 2.50. The van der Waals surface area contributed by atoms with E-state index in [2.05, 4.69) is 12.1 Å². The van der Waals surface area contributed by atoms with Crippen LogP contribution in [0, 0.1) is 5.41 Å². The van der Waals surface area contributed by atoms with Crippen molar-refractivity contribution in [3.05, 3.63) is 29.3 Å². The predicted molar refractivity (Wildman–Crippen MR) is 76.5 cm³/mol. The van der Waals surface area contributed by atoms with Crippen LogP contribution in [-0.4, -0.2) is 29.9 Å². The van der Waals surface area contributed by atoms with Gasteiger partial charge in [-0.1, -0.05) is 12.1 Å². The summed E-state index contributed by atoms with van der Waals surface area (Å²) >= 11 is 0. The Labute approximate surface area is 124 Å². The smallest absolute Gasteiger partial charge is 0.312 e. The molecule has 2 saturated heterocycles. The number of benzene rings is 1. The Morgan fingerprint density at radius 3 is 3.00 bits per heavy atom. The zero-order valence-corrected chi connectivity index (χ0v) is 12.0. The fourth-order valence-corrected chi connectivity index (χ4v) is 4.16. The van der Waals surface area contributed by atoms with Gasteiger partial charge in [-0.3, -0.25) is 4.79 Å². The molecule has 0 radical (unpaired) electrons. The van der Waals surface area contributed by atoms with Crippen molar-refractivity contribution in [2.45, 2.75) is 50.7 Å². The predicted octanol–water partition coefficient (Wildman–Crippen LogP) is 2.58. The first-order valence-corrected chi connectivity index (χ1v) is 7.81. The molecule has 0 aliphatic carbocycles. The average Bonchev–Trinajstić information content (AvgIpc) is 3.19. The highest BCUT2D eigenvalue weighted by Gasteiger charge is 2.56. The summed E-state index contributed by atoms with van der Waals surface area (Å²) in [5, 5.41) is 9.72. The van der Waals surface area contributed by atoms with Crippen LogP contribution < -0.4 is 4.74 Å². The second-order valence-corrected chi connectivity index (χ2v) is 6.53. The minimum atomic E-state index is -0.681. The Kier molecular flexibility index (Phi) is 2.96. The lowest BCUT2D eigenvalue weighted by molar-refractivity contribution is -0.152. The fraction of sp³-hybridized carbons (Fsp3) is 0.588. The van der Waals surface area contributed by atoms with Gasteiger partial charge in [0.05, 0.1) is 24.2 Å². The molecule has 2 fully saturated rings. The van der Waals surface area contributed by atoms with Gasteiger partial charge in [0.1, 0.15) is 5.75 Å². The monoisotopic (exact) mass is 288 g/mol. The second kappa shape index (κ2) is 4.73. The first-order chi connectivity index (χ1) is 10.2. The quantitative estimate of drug-likeness (QED) is 0.925. The first-order valence-electron chi connectivity index (χ1n) is 7.81. The zero-order chi connectivity index (χ0) is 14.4. The summed E-state index contributed by atoms with van der Waals surface area (Å²) in [6.45, 7) is 0.759. The summed E-state index contributed by atoms with van der Waals surface area (Å²) in [4.78, 5) is 11.8. The first kappa shape index (κ1) is 13.1. The molecule has 2 bridgehead atoms. The number of carboxylic acid groups (broad SMARTS) is 1. The highest BCUT2D eigenvalue weighted by molar-refractivity contribution is 5.76. The van der Waals surface area contributed by atoms with Crippen LogP contribution in [0.5, 0.6) is 5.75 Å². The molecule has 3 heterocycles. The third-order valence-corrected chi connectivity index (χ3v) is 5.36. The molecule has 3 aliphatic heterocycles. The molecule has 0 spiro atoms. The summed E-state index contributed by atoms with van der Waals surface area (Å²) in [5.74, 6) is 0.300. The molecule has 3 aliphatic rings. The van der Waals surface area contributed by atoms with Crippen molar-refractivity contribution in [3.63, 3.8) is 0 Å². The van der Waals surface area contributed by atoms with Crippen LogP contribution in [-0.2, 0) is 22.4 Å². The van der Waals surface area contributed by atoms with Gasteiger partial charge in [-0.05, 0) is 49.3 Å². The third-order valence-electron chi connectivity index (χ3n) is 5.36. The molecule has 112 valence electrons. The Hall–Kier alpha value is -1.55. The van der Waals surface area contributed by atoms with Crippen LogP contribution in [0.3, 0.4) is 0 Å². The summed E-state index contributed by atoms with van der Waals surface area (Å²) in [6.07, 6.45) is 5.11. The van der Waals surface area contributed by atoms with Gasteiger partial charge in [-0.2, -0.15) is 0 Å². The molecular weight excluding hydrogens is 268 g/mol. The molecule has 1 N–H and O–H groups in total. The molecule has 1 aromatic rings. The number of rotatable bonds is 4. The van der Waals surface area contributed by atoms with Crippen LogP contribution in [0.1, 0.15) is 36.8 Å².